The number of methoxy groups -OCH3 is 2. The van der Waals surface area contributed by atoms with Gasteiger partial charge in [-0.3, -0.25) is 0 Å². The van der Waals surface area contributed by atoms with E-state index in [2.05, 4.69) is 11.4 Å². The predicted octanol–water partition coefficient (Wildman–Crippen LogP) is 2.92. The quantitative estimate of drug-likeness (QED) is 0.888. The molecule has 1 N–H and O–H groups in total. The normalized spacial score (nSPS) is 19.0. The van der Waals surface area contributed by atoms with E-state index in [9.17, 15) is 0 Å². The van der Waals surface area contributed by atoms with E-state index >= 15 is 0 Å². The number of hydrogen-bond acceptors (Lipinski definition) is 4. The van der Waals surface area contributed by atoms with Gasteiger partial charge < -0.3 is 19.5 Å². The SMILES string of the molecule is CCOc1c(C2CCCCN2)ccc(OC)c1OC. The number of nitrogens with one attached hydrogen (secondary N) is 1. The molecule has 1 aliphatic heterocycles. The Morgan fingerprint density at radius 1 is 1.16 bits per heavy atom. The molecule has 0 amide bonds. The smallest absolute Gasteiger partial charge is 0.203 e. The molecule has 0 spiro atoms. The molecule has 0 bridgehead atoms. The first kappa shape index (κ1) is 14.0. The molecular weight excluding hydrogens is 242 g/mol. The van der Waals surface area contributed by atoms with Crippen LogP contribution in [0.2, 0.25) is 0 Å². The van der Waals surface area contributed by atoms with Gasteiger partial charge >= 0.3 is 0 Å². The molecule has 0 radical (unpaired) electrons. The highest BCUT2D eigenvalue weighted by Gasteiger charge is 2.23. The van der Waals surface area contributed by atoms with Crippen LogP contribution in [0.25, 0.3) is 0 Å². The van der Waals surface area contributed by atoms with Crippen LogP contribution >= 0.6 is 0 Å². The van der Waals surface area contributed by atoms with Gasteiger partial charge in [0.2, 0.25) is 5.75 Å². The highest BCUT2D eigenvalue weighted by atomic mass is 16.5. The third-order valence-electron chi connectivity index (χ3n) is 3.50. The van der Waals surface area contributed by atoms with Crippen LogP contribution in [0.4, 0.5) is 0 Å². The van der Waals surface area contributed by atoms with Crippen LogP contribution in [0.1, 0.15) is 37.8 Å². The van der Waals surface area contributed by atoms with Crippen molar-refractivity contribution in [3.8, 4) is 17.2 Å². The minimum atomic E-state index is 0.343. The lowest BCUT2D eigenvalue weighted by molar-refractivity contribution is 0.287. The molecule has 1 saturated heterocycles. The summed E-state index contributed by atoms with van der Waals surface area (Å²) in [4.78, 5) is 0. The number of benzene rings is 1. The molecule has 19 heavy (non-hydrogen) atoms. The summed E-state index contributed by atoms with van der Waals surface area (Å²) in [7, 11) is 3.30. The van der Waals surface area contributed by atoms with E-state index in [4.69, 9.17) is 14.2 Å². The van der Waals surface area contributed by atoms with Crippen molar-refractivity contribution in [1.29, 1.82) is 0 Å². The third kappa shape index (κ3) is 2.95. The van der Waals surface area contributed by atoms with Crippen LogP contribution < -0.4 is 19.5 Å². The van der Waals surface area contributed by atoms with E-state index in [1.54, 1.807) is 14.2 Å². The Morgan fingerprint density at radius 3 is 2.58 bits per heavy atom. The molecule has 106 valence electrons. The number of hydrogen-bond donors (Lipinski definition) is 1. The van der Waals surface area contributed by atoms with Crippen LogP contribution in [0, 0.1) is 0 Å². The van der Waals surface area contributed by atoms with Crippen molar-refractivity contribution in [2.45, 2.75) is 32.2 Å². The standard InChI is InChI=1S/C15H23NO3/c1-4-19-14-11(12-7-5-6-10-16-12)8-9-13(17-2)15(14)18-3/h8-9,12,16H,4-7,10H2,1-3H3. The van der Waals surface area contributed by atoms with Crippen molar-refractivity contribution < 1.29 is 14.2 Å². The molecule has 0 aromatic heterocycles. The fraction of sp³-hybridized carbons (Fsp3) is 0.600. The van der Waals surface area contributed by atoms with Crippen LogP contribution in [-0.4, -0.2) is 27.4 Å². The van der Waals surface area contributed by atoms with Gasteiger partial charge in [-0.2, -0.15) is 0 Å². The van der Waals surface area contributed by atoms with Gasteiger partial charge in [-0.05, 0) is 38.4 Å². The van der Waals surface area contributed by atoms with E-state index in [1.807, 2.05) is 13.0 Å². The first-order valence-corrected chi connectivity index (χ1v) is 6.92. The Kier molecular flexibility index (Phi) is 4.91. The lowest BCUT2D eigenvalue weighted by Gasteiger charge is -2.27. The molecule has 1 fully saturated rings. The monoisotopic (exact) mass is 265 g/mol. The molecule has 4 nitrogen and oxygen atoms in total. The average Bonchev–Trinajstić information content (AvgIpc) is 2.48. The van der Waals surface area contributed by atoms with Gasteiger partial charge in [-0.25, -0.2) is 0 Å². The Hall–Kier alpha value is -1.42. The molecule has 0 saturated carbocycles. The zero-order chi connectivity index (χ0) is 13.7. The summed E-state index contributed by atoms with van der Waals surface area (Å²) in [6, 6.07) is 4.37. The van der Waals surface area contributed by atoms with Gasteiger partial charge in [0.25, 0.3) is 0 Å². The first-order valence-electron chi connectivity index (χ1n) is 6.92. The van der Waals surface area contributed by atoms with Gasteiger partial charge in [-0.15, -0.1) is 0 Å². The maximum absolute atomic E-state index is 5.81. The van der Waals surface area contributed by atoms with E-state index in [-0.39, 0.29) is 0 Å². The van der Waals surface area contributed by atoms with E-state index in [0.29, 0.717) is 24.1 Å². The topological polar surface area (TPSA) is 39.7 Å². The molecule has 1 heterocycles. The summed E-state index contributed by atoms with van der Waals surface area (Å²) in [6.07, 6.45) is 3.63. The van der Waals surface area contributed by atoms with Crippen LogP contribution in [0.5, 0.6) is 17.2 Å². The van der Waals surface area contributed by atoms with Crippen LogP contribution in [0.15, 0.2) is 12.1 Å². The molecule has 1 atom stereocenters. The van der Waals surface area contributed by atoms with Gasteiger partial charge in [0.15, 0.2) is 11.5 Å². The number of rotatable bonds is 5. The largest absolute Gasteiger partial charge is 0.493 e. The molecule has 4 heteroatoms. The second-order valence-electron chi connectivity index (χ2n) is 4.65. The van der Waals surface area contributed by atoms with E-state index < -0.39 is 0 Å². The predicted molar refractivity (Wildman–Crippen MR) is 75.3 cm³/mol. The Bertz CT molecular complexity index is 414. The fourth-order valence-corrected chi connectivity index (χ4v) is 2.60. The van der Waals surface area contributed by atoms with Crippen molar-refractivity contribution in [3.63, 3.8) is 0 Å². The summed E-state index contributed by atoms with van der Waals surface area (Å²) < 4.78 is 16.6. The minimum absolute atomic E-state index is 0.343. The first-order chi connectivity index (χ1) is 9.31. The van der Waals surface area contributed by atoms with Crippen LogP contribution in [-0.2, 0) is 0 Å². The second-order valence-corrected chi connectivity index (χ2v) is 4.65. The van der Waals surface area contributed by atoms with E-state index in [0.717, 1.165) is 18.7 Å². The lowest BCUT2D eigenvalue weighted by Crippen LogP contribution is -2.27. The Morgan fingerprint density at radius 2 is 2.00 bits per heavy atom. The van der Waals surface area contributed by atoms with Crippen molar-refractivity contribution in [2.24, 2.45) is 0 Å². The molecule has 2 rings (SSSR count). The van der Waals surface area contributed by atoms with Gasteiger partial charge in [-0.1, -0.05) is 6.42 Å². The fourth-order valence-electron chi connectivity index (χ4n) is 2.60. The zero-order valence-electron chi connectivity index (χ0n) is 12.0. The van der Waals surface area contributed by atoms with Crippen molar-refractivity contribution in [3.05, 3.63) is 17.7 Å². The van der Waals surface area contributed by atoms with Crippen molar-refractivity contribution >= 4 is 0 Å². The summed E-state index contributed by atoms with van der Waals surface area (Å²) in [5, 5.41) is 3.55. The Balaban J connectivity index is 2.40. The minimum Gasteiger partial charge on any atom is -0.493 e. The lowest BCUT2D eigenvalue weighted by atomic mass is 9.96. The highest BCUT2D eigenvalue weighted by Crippen LogP contribution is 2.43. The van der Waals surface area contributed by atoms with Gasteiger partial charge in [0, 0.05) is 11.6 Å². The number of piperidine rings is 1. The molecule has 1 aromatic carbocycles. The summed E-state index contributed by atoms with van der Waals surface area (Å²) in [6.45, 7) is 3.66. The van der Waals surface area contributed by atoms with Gasteiger partial charge in [0.05, 0.1) is 20.8 Å². The molecule has 1 unspecified atom stereocenters. The van der Waals surface area contributed by atoms with Crippen molar-refractivity contribution in [2.75, 3.05) is 27.4 Å². The molecule has 1 aromatic rings. The summed E-state index contributed by atoms with van der Waals surface area (Å²) in [5.41, 5.74) is 1.17. The van der Waals surface area contributed by atoms with E-state index in [1.165, 1.54) is 18.4 Å². The highest BCUT2D eigenvalue weighted by molar-refractivity contribution is 5.56. The second kappa shape index (κ2) is 6.66. The maximum Gasteiger partial charge on any atom is 0.203 e. The van der Waals surface area contributed by atoms with Crippen molar-refractivity contribution in [1.82, 2.24) is 5.32 Å². The number of ether oxygens (including phenoxy) is 3. The van der Waals surface area contributed by atoms with Gasteiger partial charge in [0.1, 0.15) is 0 Å². The zero-order valence-corrected chi connectivity index (χ0v) is 12.0. The average molecular weight is 265 g/mol. The maximum atomic E-state index is 5.81. The summed E-state index contributed by atoms with van der Waals surface area (Å²) in [5.74, 6) is 2.21. The third-order valence-corrected chi connectivity index (χ3v) is 3.50. The summed E-state index contributed by atoms with van der Waals surface area (Å²) >= 11 is 0. The van der Waals surface area contributed by atoms with Crippen LogP contribution in [0.3, 0.4) is 0 Å². The molecule has 1 aliphatic rings. The Labute approximate surface area is 115 Å². The molecular formula is C15H23NO3. The molecule has 0 aliphatic carbocycles.